The van der Waals surface area contributed by atoms with Gasteiger partial charge >= 0.3 is 0 Å². The molecule has 152 valence electrons. The second-order valence-electron chi connectivity index (χ2n) is 8.57. The van der Waals surface area contributed by atoms with Gasteiger partial charge in [-0.05, 0) is 50.1 Å². The van der Waals surface area contributed by atoms with Crippen LogP contribution in [0.4, 0.5) is 11.4 Å². The molecule has 1 N–H and O–H groups in total. The molecule has 6 nitrogen and oxygen atoms in total. The van der Waals surface area contributed by atoms with Crippen LogP contribution >= 0.6 is 11.6 Å². The zero-order chi connectivity index (χ0) is 20.8. The zero-order valence-corrected chi connectivity index (χ0v) is 17.1. The number of amides is 3. The highest BCUT2D eigenvalue weighted by molar-refractivity contribution is 6.32. The Labute approximate surface area is 178 Å². The second kappa shape index (κ2) is 5.93. The lowest BCUT2D eigenvalue weighted by Crippen LogP contribution is -2.54. The first-order valence-corrected chi connectivity index (χ1v) is 10.7. The Kier molecular flexibility index (Phi) is 3.58. The molecule has 1 spiro atoms. The molecule has 0 radical (unpaired) electrons. The Morgan fingerprint density at radius 3 is 2.70 bits per heavy atom. The lowest BCUT2D eigenvalue weighted by Gasteiger charge is -2.36. The molecule has 30 heavy (non-hydrogen) atoms. The smallest absolute Gasteiger partial charge is 0.250 e. The van der Waals surface area contributed by atoms with Crippen LogP contribution in [0.2, 0.25) is 5.02 Å². The van der Waals surface area contributed by atoms with Crippen LogP contribution in [0.15, 0.2) is 42.5 Å². The van der Waals surface area contributed by atoms with Gasteiger partial charge in [0.05, 0.1) is 17.5 Å². The van der Waals surface area contributed by atoms with Crippen molar-refractivity contribution in [3.63, 3.8) is 0 Å². The Morgan fingerprint density at radius 2 is 1.87 bits per heavy atom. The molecule has 4 heterocycles. The summed E-state index contributed by atoms with van der Waals surface area (Å²) in [6, 6.07) is 12.7. The van der Waals surface area contributed by atoms with E-state index in [4.69, 9.17) is 11.6 Å². The minimum Gasteiger partial charge on any atom is -0.324 e. The highest BCUT2D eigenvalue weighted by Gasteiger charge is 2.74. The molecule has 3 saturated heterocycles. The summed E-state index contributed by atoms with van der Waals surface area (Å²) in [6.07, 6.45) is 1.71. The number of carbonyl (C=O) groups excluding carboxylic acids is 3. The van der Waals surface area contributed by atoms with Crippen molar-refractivity contribution >= 4 is 40.7 Å². The molecule has 0 unspecified atom stereocenters. The van der Waals surface area contributed by atoms with E-state index >= 15 is 0 Å². The van der Waals surface area contributed by atoms with Gasteiger partial charge in [-0.2, -0.15) is 0 Å². The van der Waals surface area contributed by atoms with Gasteiger partial charge < -0.3 is 5.32 Å². The van der Waals surface area contributed by atoms with Crippen LogP contribution in [0.1, 0.15) is 24.0 Å². The topological polar surface area (TPSA) is 69.7 Å². The van der Waals surface area contributed by atoms with Crippen molar-refractivity contribution in [1.82, 2.24) is 4.90 Å². The Bertz CT molecular complexity index is 1150. The molecule has 2 aromatic rings. The quantitative estimate of drug-likeness (QED) is 0.718. The number of nitrogens with one attached hydrogen (secondary N) is 1. The summed E-state index contributed by atoms with van der Waals surface area (Å²) in [5, 5.41) is 3.49. The standard InChI is InChI=1S/C23H20ClN3O3/c1-12-14(24)7-4-9-16(12)27-20(28)18-17-10-5-11-26(17)23(19(18)21(27)29)13-6-2-3-8-15(13)25-22(23)30/h2-4,6-9,17-19H,5,10-11H2,1H3,(H,25,30)/t17-,18+,19+,23+/m0/s1. The molecule has 4 aliphatic heterocycles. The number of hydrogen-bond acceptors (Lipinski definition) is 4. The van der Waals surface area contributed by atoms with Gasteiger partial charge in [-0.3, -0.25) is 19.3 Å². The van der Waals surface area contributed by atoms with Crippen LogP contribution in [-0.2, 0) is 19.9 Å². The minimum absolute atomic E-state index is 0.118. The number of imide groups is 1. The first-order chi connectivity index (χ1) is 14.5. The van der Waals surface area contributed by atoms with E-state index in [1.165, 1.54) is 4.90 Å². The number of para-hydroxylation sites is 1. The first-order valence-electron chi connectivity index (χ1n) is 10.3. The van der Waals surface area contributed by atoms with Crippen molar-refractivity contribution < 1.29 is 14.4 Å². The van der Waals surface area contributed by atoms with E-state index in [1.54, 1.807) is 18.2 Å². The van der Waals surface area contributed by atoms with Gasteiger partial charge in [0.1, 0.15) is 5.54 Å². The Morgan fingerprint density at radius 1 is 1.07 bits per heavy atom. The normalized spacial score (nSPS) is 32.0. The third-order valence-electron chi connectivity index (χ3n) is 7.38. The average molecular weight is 422 g/mol. The zero-order valence-electron chi connectivity index (χ0n) is 16.4. The summed E-state index contributed by atoms with van der Waals surface area (Å²) in [4.78, 5) is 44.4. The van der Waals surface area contributed by atoms with Crippen LogP contribution in [0.5, 0.6) is 0 Å². The summed E-state index contributed by atoms with van der Waals surface area (Å²) in [6.45, 7) is 2.51. The van der Waals surface area contributed by atoms with Crippen molar-refractivity contribution in [3.05, 3.63) is 58.6 Å². The monoisotopic (exact) mass is 421 g/mol. The van der Waals surface area contributed by atoms with E-state index in [0.29, 0.717) is 22.8 Å². The molecule has 4 atom stereocenters. The maximum absolute atomic E-state index is 13.9. The predicted molar refractivity (Wildman–Crippen MR) is 112 cm³/mol. The molecule has 0 saturated carbocycles. The third-order valence-corrected chi connectivity index (χ3v) is 7.79. The van der Waals surface area contributed by atoms with Crippen molar-refractivity contribution in [1.29, 1.82) is 0 Å². The summed E-state index contributed by atoms with van der Waals surface area (Å²) in [5.74, 6) is -2.00. The highest BCUT2D eigenvalue weighted by atomic mass is 35.5. The van der Waals surface area contributed by atoms with Crippen LogP contribution in [0.25, 0.3) is 0 Å². The van der Waals surface area contributed by atoms with Gasteiger partial charge in [-0.1, -0.05) is 35.9 Å². The molecule has 4 aliphatic rings. The maximum atomic E-state index is 13.9. The summed E-state index contributed by atoms with van der Waals surface area (Å²) >= 11 is 6.29. The molecule has 0 aliphatic carbocycles. The van der Waals surface area contributed by atoms with Gasteiger partial charge in [0, 0.05) is 22.3 Å². The van der Waals surface area contributed by atoms with E-state index in [9.17, 15) is 14.4 Å². The largest absolute Gasteiger partial charge is 0.324 e. The van der Waals surface area contributed by atoms with E-state index in [2.05, 4.69) is 10.2 Å². The van der Waals surface area contributed by atoms with Crippen LogP contribution in [0.3, 0.4) is 0 Å². The highest BCUT2D eigenvalue weighted by Crippen LogP contribution is 2.60. The molecule has 3 amide bonds. The van der Waals surface area contributed by atoms with Gasteiger partial charge in [0.15, 0.2) is 0 Å². The number of rotatable bonds is 1. The van der Waals surface area contributed by atoms with Gasteiger partial charge in [-0.25, -0.2) is 4.90 Å². The molecular weight excluding hydrogens is 402 g/mol. The number of nitrogens with zero attached hydrogens (tertiary/aromatic N) is 2. The predicted octanol–water partition coefficient (Wildman–Crippen LogP) is 3.08. The Balaban J connectivity index is 1.57. The third kappa shape index (κ3) is 1.92. The van der Waals surface area contributed by atoms with Crippen LogP contribution < -0.4 is 10.2 Å². The minimum atomic E-state index is -1.13. The van der Waals surface area contributed by atoms with Crippen molar-refractivity contribution in [2.75, 3.05) is 16.8 Å². The van der Waals surface area contributed by atoms with Gasteiger partial charge in [0.2, 0.25) is 17.7 Å². The lowest BCUT2D eigenvalue weighted by molar-refractivity contribution is -0.135. The number of hydrogen-bond donors (Lipinski definition) is 1. The number of carbonyl (C=O) groups is 3. The van der Waals surface area contributed by atoms with E-state index in [1.807, 2.05) is 31.2 Å². The molecular formula is C23H20ClN3O3. The van der Waals surface area contributed by atoms with E-state index in [0.717, 1.165) is 24.1 Å². The Hall–Kier alpha value is -2.70. The molecule has 0 bridgehead atoms. The van der Waals surface area contributed by atoms with E-state index in [-0.39, 0.29) is 23.8 Å². The number of benzene rings is 2. The number of fused-ring (bicyclic) bond motifs is 7. The fourth-order valence-corrected chi connectivity index (χ4v) is 6.40. The van der Waals surface area contributed by atoms with Crippen molar-refractivity contribution in [2.45, 2.75) is 31.3 Å². The average Bonchev–Trinajstić information content (AvgIpc) is 3.43. The lowest BCUT2D eigenvalue weighted by atomic mass is 9.75. The molecule has 0 aromatic heterocycles. The van der Waals surface area contributed by atoms with Gasteiger partial charge in [0.25, 0.3) is 0 Å². The van der Waals surface area contributed by atoms with E-state index < -0.39 is 17.4 Å². The molecule has 6 rings (SSSR count). The summed E-state index contributed by atoms with van der Waals surface area (Å²) < 4.78 is 0. The maximum Gasteiger partial charge on any atom is 0.250 e. The SMILES string of the molecule is Cc1c(Cl)cccc1N1C(=O)[C@@H]2[C@@H]3CCCN3[C@@]3(C(=O)Nc4ccccc43)[C@H]2C1=O. The van der Waals surface area contributed by atoms with Crippen molar-refractivity contribution in [3.8, 4) is 0 Å². The summed E-state index contributed by atoms with van der Waals surface area (Å²) in [7, 11) is 0. The van der Waals surface area contributed by atoms with Gasteiger partial charge in [-0.15, -0.1) is 0 Å². The fraction of sp³-hybridized carbons (Fsp3) is 0.348. The van der Waals surface area contributed by atoms with Crippen LogP contribution in [-0.4, -0.2) is 35.2 Å². The molecule has 7 heteroatoms. The molecule has 3 fully saturated rings. The summed E-state index contributed by atoms with van der Waals surface area (Å²) in [5.41, 5.74) is 1.61. The number of halogens is 1. The number of anilines is 2. The first kappa shape index (κ1) is 18.1. The molecule has 2 aromatic carbocycles. The fourth-order valence-electron chi connectivity index (χ4n) is 6.23. The van der Waals surface area contributed by atoms with Crippen LogP contribution in [0, 0.1) is 18.8 Å². The second-order valence-corrected chi connectivity index (χ2v) is 8.98. The van der Waals surface area contributed by atoms with Crippen molar-refractivity contribution in [2.24, 2.45) is 11.8 Å².